The Bertz CT molecular complexity index is 626. The highest BCUT2D eigenvalue weighted by Gasteiger charge is 2.30. The second kappa shape index (κ2) is 7.47. The molecule has 22 heavy (non-hydrogen) atoms. The summed E-state index contributed by atoms with van der Waals surface area (Å²) in [6.45, 7) is 6.11. The maximum Gasteiger partial charge on any atom is 0.135 e. The van der Waals surface area contributed by atoms with Gasteiger partial charge in [-0.1, -0.05) is 20.8 Å². The molecule has 122 valence electrons. The quantitative estimate of drug-likeness (QED) is 0.845. The van der Waals surface area contributed by atoms with Crippen molar-refractivity contribution in [3.05, 3.63) is 22.8 Å². The fourth-order valence-electron chi connectivity index (χ4n) is 3.06. The van der Waals surface area contributed by atoms with Gasteiger partial charge in [0.1, 0.15) is 5.75 Å². The molecule has 1 aliphatic rings. The van der Waals surface area contributed by atoms with E-state index in [0.717, 1.165) is 40.4 Å². The molecule has 5 heteroatoms. The maximum atomic E-state index is 10.0. The van der Waals surface area contributed by atoms with E-state index in [4.69, 9.17) is 4.74 Å². The Morgan fingerprint density at radius 2 is 2.05 bits per heavy atom. The Morgan fingerprint density at radius 3 is 2.73 bits per heavy atom. The first kappa shape index (κ1) is 17.3. The van der Waals surface area contributed by atoms with Gasteiger partial charge in [-0.3, -0.25) is 4.68 Å². The molecule has 0 bridgehead atoms. The van der Waals surface area contributed by atoms with E-state index in [1.165, 1.54) is 0 Å². The highest BCUT2D eigenvalue weighted by atomic mass is 79.9. The standard InChI is InChI=1S/C15H19BrN2O2.C2H6/c1-9-13(4-3-5-14(9)19)18-8-10-6-11(16)15(20-2)7-12(10)17-18;1-2/h6-9,13-14,19H,3-5H2,1-2H3;1-2H3. The van der Waals surface area contributed by atoms with Crippen LogP contribution in [0.2, 0.25) is 0 Å². The van der Waals surface area contributed by atoms with Crippen molar-refractivity contribution in [1.82, 2.24) is 9.78 Å². The molecule has 1 heterocycles. The highest BCUT2D eigenvalue weighted by molar-refractivity contribution is 9.10. The van der Waals surface area contributed by atoms with Crippen LogP contribution in [0.25, 0.3) is 10.9 Å². The molecular formula is C17H25BrN2O2. The molecule has 3 atom stereocenters. The van der Waals surface area contributed by atoms with Crippen LogP contribution in [0.3, 0.4) is 0 Å². The van der Waals surface area contributed by atoms with Crippen molar-refractivity contribution < 1.29 is 9.84 Å². The molecule has 3 unspecified atom stereocenters. The van der Waals surface area contributed by atoms with Gasteiger partial charge in [0.2, 0.25) is 0 Å². The van der Waals surface area contributed by atoms with Gasteiger partial charge in [-0.05, 0) is 41.3 Å². The smallest absolute Gasteiger partial charge is 0.135 e. The second-order valence-corrected chi connectivity index (χ2v) is 6.43. The molecule has 1 aromatic carbocycles. The third kappa shape index (κ3) is 3.30. The van der Waals surface area contributed by atoms with Gasteiger partial charge in [0.15, 0.2) is 0 Å². The Hall–Kier alpha value is -1.07. The second-order valence-electron chi connectivity index (χ2n) is 5.58. The van der Waals surface area contributed by atoms with Crippen molar-refractivity contribution in [3.63, 3.8) is 0 Å². The highest BCUT2D eigenvalue weighted by Crippen LogP contribution is 2.35. The molecule has 0 aliphatic heterocycles. The number of aliphatic hydroxyl groups is 1. The van der Waals surface area contributed by atoms with Crippen LogP contribution >= 0.6 is 15.9 Å². The van der Waals surface area contributed by atoms with Gasteiger partial charge >= 0.3 is 0 Å². The number of methoxy groups -OCH3 is 1. The first-order chi connectivity index (χ1) is 10.6. The van der Waals surface area contributed by atoms with Crippen LogP contribution in [-0.2, 0) is 0 Å². The van der Waals surface area contributed by atoms with Crippen LogP contribution in [0.1, 0.15) is 46.1 Å². The van der Waals surface area contributed by atoms with E-state index in [2.05, 4.69) is 34.1 Å². The molecule has 3 rings (SSSR count). The van der Waals surface area contributed by atoms with E-state index in [1.54, 1.807) is 7.11 Å². The number of rotatable bonds is 2. The van der Waals surface area contributed by atoms with Gasteiger partial charge in [0.25, 0.3) is 0 Å². The fourth-order valence-corrected chi connectivity index (χ4v) is 3.58. The predicted octanol–water partition coefficient (Wildman–Crippen LogP) is 4.56. The normalized spacial score (nSPS) is 24.7. The molecule has 1 fully saturated rings. The molecule has 0 amide bonds. The Kier molecular flexibility index (Phi) is 5.87. The number of aromatic nitrogens is 2. The number of ether oxygens (including phenoxy) is 1. The molecule has 1 saturated carbocycles. The van der Waals surface area contributed by atoms with Gasteiger partial charge in [-0.25, -0.2) is 0 Å². The summed E-state index contributed by atoms with van der Waals surface area (Å²) in [5.41, 5.74) is 0.928. The summed E-state index contributed by atoms with van der Waals surface area (Å²) >= 11 is 3.50. The van der Waals surface area contributed by atoms with E-state index >= 15 is 0 Å². The SMILES string of the molecule is CC.COc1cc2nn(C3CCCC(O)C3C)cc2cc1Br. The molecule has 1 aliphatic carbocycles. The lowest BCUT2D eigenvalue weighted by Crippen LogP contribution is -2.32. The Morgan fingerprint density at radius 1 is 1.32 bits per heavy atom. The fraction of sp³-hybridized carbons (Fsp3) is 0.588. The number of nitrogens with zero attached hydrogens (tertiary/aromatic N) is 2. The van der Waals surface area contributed by atoms with E-state index in [9.17, 15) is 5.11 Å². The van der Waals surface area contributed by atoms with Crippen molar-refractivity contribution in [2.75, 3.05) is 7.11 Å². The molecule has 0 radical (unpaired) electrons. The van der Waals surface area contributed by atoms with Crippen LogP contribution < -0.4 is 4.74 Å². The van der Waals surface area contributed by atoms with Crippen molar-refractivity contribution in [2.24, 2.45) is 5.92 Å². The molecule has 1 aromatic heterocycles. The lowest BCUT2D eigenvalue weighted by molar-refractivity contribution is 0.0430. The molecular weight excluding hydrogens is 344 g/mol. The predicted molar refractivity (Wildman–Crippen MR) is 93.4 cm³/mol. The summed E-state index contributed by atoms with van der Waals surface area (Å²) < 4.78 is 8.26. The van der Waals surface area contributed by atoms with Crippen LogP contribution in [0, 0.1) is 5.92 Å². The molecule has 1 N–H and O–H groups in total. The summed E-state index contributed by atoms with van der Waals surface area (Å²) in [5.74, 6) is 1.03. The zero-order chi connectivity index (χ0) is 16.3. The van der Waals surface area contributed by atoms with Crippen molar-refractivity contribution in [2.45, 2.75) is 52.2 Å². The van der Waals surface area contributed by atoms with E-state index in [1.807, 2.05) is 30.7 Å². The third-order valence-electron chi connectivity index (χ3n) is 4.35. The lowest BCUT2D eigenvalue weighted by atomic mass is 9.83. The van der Waals surface area contributed by atoms with Crippen LogP contribution in [0.5, 0.6) is 5.75 Å². The number of aliphatic hydroxyl groups excluding tert-OH is 1. The zero-order valence-corrected chi connectivity index (χ0v) is 15.3. The molecule has 0 spiro atoms. The maximum absolute atomic E-state index is 10.0. The minimum absolute atomic E-state index is 0.220. The Labute approximate surface area is 140 Å². The summed E-state index contributed by atoms with van der Waals surface area (Å²) in [6, 6.07) is 4.25. The van der Waals surface area contributed by atoms with Crippen LogP contribution in [0.4, 0.5) is 0 Å². The topological polar surface area (TPSA) is 47.3 Å². The first-order valence-electron chi connectivity index (χ1n) is 8.00. The summed E-state index contributed by atoms with van der Waals surface area (Å²) in [5, 5.41) is 15.8. The minimum atomic E-state index is -0.220. The number of hydrogen-bond acceptors (Lipinski definition) is 3. The lowest BCUT2D eigenvalue weighted by Gasteiger charge is -2.33. The van der Waals surface area contributed by atoms with Crippen LogP contribution in [-0.4, -0.2) is 28.1 Å². The average molecular weight is 369 g/mol. The van der Waals surface area contributed by atoms with E-state index < -0.39 is 0 Å². The average Bonchev–Trinajstić information content (AvgIpc) is 2.93. The van der Waals surface area contributed by atoms with Gasteiger partial charge in [0, 0.05) is 23.6 Å². The Balaban J connectivity index is 0.000000847. The monoisotopic (exact) mass is 368 g/mol. The third-order valence-corrected chi connectivity index (χ3v) is 4.97. The number of benzene rings is 1. The van der Waals surface area contributed by atoms with E-state index in [0.29, 0.717) is 0 Å². The number of halogens is 1. The van der Waals surface area contributed by atoms with Crippen molar-refractivity contribution in [3.8, 4) is 5.75 Å². The van der Waals surface area contributed by atoms with Gasteiger partial charge in [0.05, 0.1) is 29.2 Å². The zero-order valence-electron chi connectivity index (χ0n) is 13.7. The minimum Gasteiger partial charge on any atom is -0.495 e. The number of fused-ring (bicyclic) bond motifs is 1. The first-order valence-corrected chi connectivity index (χ1v) is 8.80. The van der Waals surface area contributed by atoms with E-state index in [-0.39, 0.29) is 18.1 Å². The summed E-state index contributed by atoms with van der Waals surface area (Å²) in [4.78, 5) is 0. The summed E-state index contributed by atoms with van der Waals surface area (Å²) in [7, 11) is 1.66. The molecule has 0 saturated heterocycles. The molecule has 4 nitrogen and oxygen atoms in total. The number of hydrogen-bond donors (Lipinski definition) is 1. The van der Waals surface area contributed by atoms with Gasteiger partial charge in [-0.2, -0.15) is 5.10 Å². The largest absolute Gasteiger partial charge is 0.495 e. The summed E-state index contributed by atoms with van der Waals surface area (Å²) in [6.07, 6.45) is 4.88. The van der Waals surface area contributed by atoms with Crippen molar-refractivity contribution in [1.29, 1.82) is 0 Å². The van der Waals surface area contributed by atoms with Gasteiger partial charge < -0.3 is 9.84 Å². The molecule has 2 aromatic rings. The van der Waals surface area contributed by atoms with Gasteiger partial charge in [-0.15, -0.1) is 0 Å². The van der Waals surface area contributed by atoms with Crippen LogP contribution in [0.15, 0.2) is 22.8 Å². The van der Waals surface area contributed by atoms with Crippen molar-refractivity contribution >= 4 is 26.8 Å².